The largest absolute Gasteiger partial charge is 0.339 e. The Bertz CT molecular complexity index is 761. The quantitative estimate of drug-likeness (QED) is 0.866. The molecule has 7 heteroatoms. The van der Waals surface area contributed by atoms with Gasteiger partial charge < -0.3 is 10.2 Å². The maximum absolute atomic E-state index is 12.4. The Balaban J connectivity index is 2.19. The molecule has 2 rings (SSSR count). The van der Waals surface area contributed by atoms with Gasteiger partial charge in [0.25, 0.3) is 11.8 Å². The summed E-state index contributed by atoms with van der Waals surface area (Å²) in [7, 11) is 0. The lowest BCUT2D eigenvalue weighted by Crippen LogP contribution is -2.30. The lowest BCUT2D eigenvalue weighted by Gasteiger charge is -2.18. The zero-order chi connectivity index (χ0) is 17.7. The van der Waals surface area contributed by atoms with Crippen LogP contribution in [0.4, 0.5) is 5.69 Å². The summed E-state index contributed by atoms with van der Waals surface area (Å²) in [4.78, 5) is 30.4. The minimum absolute atomic E-state index is 0.133. The van der Waals surface area contributed by atoms with Crippen molar-refractivity contribution in [3.8, 4) is 0 Å². The molecule has 0 spiro atoms. The average Bonchev–Trinajstić information content (AvgIpc) is 2.59. The standard InChI is InChI=1S/C17H17Cl2N3O2/c1-3-22(4-2)17(24)11-7-8-20-15(9-11)16(23)21-12-5-6-13(18)14(19)10-12/h5-10H,3-4H2,1-2H3,(H,21,23). The van der Waals surface area contributed by atoms with Crippen LogP contribution in [0.3, 0.4) is 0 Å². The van der Waals surface area contributed by atoms with E-state index in [-0.39, 0.29) is 11.6 Å². The molecular weight excluding hydrogens is 349 g/mol. The van der Waals surface area contributed by atoms with Crippen LogP contribution in [0.15, 0.2) is 36.5 Å². The van der Waals surface area contributed by atoms with Crippen molar-refractivity contribution in [2.75, 3.05) is 18.4 Å². The molecule has 0 aliphatic carbocycles. The number of hydrogen-bond donors (Lipinski definition) is 1. The fourth-order valence-electron chi connectivity index (χ4n) is 2.15. The van der Waals surface area contributed by atoms with Gasteiger partial charge in [0.05, 0.1) is 10.0 Å². The number of carbonyl (C=O) groups excluding carboxylic acids is 2. The SMILES string of the molecule is CCN(CC)C(=O)c1ccnc(C(=O)Nc2ccc(Cl)c(Cl)c2)c1. The molecule has 1 heterocycles. The molecule has 5 nitrogen and oxygen atoms in total. The summed E-state index contributed by atoms with van der Waals surface area (Å²) < 4.78 is 0. The number of rotatable bonds is 5. The minimum Gasteiger partial charge on any atom is -0.339 e. The van der Waals surface area contributed by atoms with Crippen LogP contribution >= 0.6 is 23.2 Å². The Morgan fingerprint density at radius 1 is 1.08 bits per heavy atom. The number of hydrogen-bond acceptors (Lipinski definition) is 3. The lowest BCUT2D eigenvalue weighted by molar-refractivity contribution is 0.0773. The monoisotopic (exact) mass is 365 g/mol. The summed E-state index contributed by atoms with van der Waals surface area (Å²) in [5, 5.41) is 3.42. The second-order valence-electron chi connectivity index (χ2n) is 4.99. The highest BCUT2D eigenvalue weighted by Crippen LogP contribution is 2.25. The van der Waals surface area contributed by atoms with Crippen LogP contribution in [0, 0.1) is 0 Å². The van der Waals surface area contributed by atoms with Crippen molar-refractivity contribution in [2.45, 2.75) is 13.8 Å². The van der Waals surface area contributed by atoms with Crippen molar-refractivity contribution in [2.24, 2.45) is 0 Å². The highest BCUT2D eigenvalue weighted by atomic mass is 35.5. The average molecular weight is 366 g/mol. The van der Waals surface area contributed by atoms with Crippen LogP contribution in [0.5, 0.6) is 0 Å². The zero-order valence-electron chi connectivity index (χ0n) is 13.3. The van der Waals surface area contributed by atoms with E-state index in [1.54, 1.807) is 29.2 Å². The van der Waals surface area contributed by atoms with E-state index in [4.69, 9.17) is 23.2 Å². The molecule has 0 aliphatic rings. The van der Waals surface area contributed by atoms with Crippen LogP contribution in [-0.2, 0) is 0 Å². The Morgan fingerprint density at radius 3 is 2.42 bits per heavy atom. The van der Waals surface area contributed by atoms with E-state index < -0.39 is 5.91 Å². The minimum atomic E-state index is -0.428. The summed E-state index contributed by atoms with van der Waals surface area (Å²) in [6.45, 7) is 5.01. The van der Waals surface area contributed by atoms with Gasteiger partial charge in [0.2, 0.25) is 0 Å². The summed E-state index contributed by atoms with van der Waals surface area (Å²) in [6.07, 6.45) is 1.44. The lowest BCUT2D eigenvalue weighted by atomic mass is 10.2. The van der Waals surface area contributed by atoms with Crippen LogP contribution < -0.4 is 5.32 Å². The maximum atomic E-state index is 12.4. The molecule has 1 aromatic heterocycles. The number of anilines is 1. The van der Waals surface area contributed by atoms with Gasteiger partial charge >= 0.3 is 0 Å². The van der Waals surface area contributed by atoms with Gasteiger partial charge in [-0.3, -0.25) is 14.6 Å². The van der Waals surface area contributed by atoms with Gasteiger partial charge in [0.15, 0.2) is 0 Å². The molecule has 2 aromatic rings. The second-order valence-corrected chi connectivity index (χ2v) is 5.80. The predicted molar refractivity (Wildman–Crippen MR) is 95.9 cm³/mol. The van der Waals surface area contributed by atoms with Crippen molar-refractivity contribution >= 4 is 40.7 Å². The van der Waals surface area contributed by atoms with Gasteiger partial charge in [0.1, 0.15) is 5.69 Å². The smallest absolute Gasteiger partial charge is 0.274 e. The number of nitrogens with one attached hydrogen (secondary N) is 1. The van der Waals surface area contributed by atoms with E-state index in [2.05, 4.69) is 10.3 Å². The van der Waals surface area contributed by atoms with Crippen molar-refractivity contribution in [1.29, 1.82) is 0 Å². The molecular formula is C17H17Cl2N3O2. The summed E-state index contributed by atoms with van der Waals surface area (Å²) in [5.74, 6) is -0.562. The van der Waals surface area contributed by atoms with Gasteiger partial charge in [-0.15, -0.1) is 0 Å². The van der Waals surface area contributed by atoms with E-state index in [0.29, 0.717) is 34.4 Å². The van der Waals surface area contributed by atoms with E-state index in [1.807, 2.05) is 13.8 Å². The molecule has 0 fully saturated rings. The predicted octanol–water partition coefficient (Wildman–Crippen LogP) is 4.12. The van der Waals surface area contributed by atoms with Gasteiger partial charge in [-0.25, -0.2) is 0 Å². The number of benzene rings is 1. The molecule has 24 heavy (non-hydrogen) atoms. The molecule has 0 atom stereocenters. The van der Waals surface area contributed by atoms with E-state index in [0.717, 1.165) is 0 Å². The molecule has 0 unspecified atom stereocenters. The van der Waals surface area contributed by atoms with E-state index >= 15 is 0 Å². The molecule has 0 saturated carbocycles. The molecule has 1 aromatic carbocycles. The first-order valence-corrected chi connectivity index (χ1v) is 8.23. The molecule has 0 radical (unpaired) electrons. The first-order chi connectivity index (χ1) is 11.5. The number of nitrogens with zero attached hydrogens (tertiary/aromatic N) is 2. The van der Waals surface area contributed by atoms with Crippen LogP contribution in [-0.4, -0.2) is 34.8 Å². The second kappa shape index (κ2) is 8.13. The topological polar surface area (TPSA) is 62.3 Å². The fraction of sp³-hybridized carbons (Fsp3) is 0.235. The molecule has 0 aliphatic heterocycles. The third kappa shape index (κ3) is 4.24. The number of amides is 2. The summed E-state index contributed by atoms with van der Waals surface area (Å²) in [5.41, 5.74) is 1.07. The zero-order valence-corrected chi connectivity index (χ0v) is 14.9. The summed E-state index contributed by atoms with van der Waals surface area (Å²) >= 11 is 11.8. The first-order valence-electron chi connectivity index (χ1n) is 7.48. The molecule has 0 saturated heterocycles. The molecule has 2 amide bonds. The Hall–Kier alpha value is -2.11. The van der Waals surface area contributed by atoms with Crippen molar-refractivity contribution in [1.82, 2.24) is 9.88 Å². The Morgan fingerprint density at radius 2 is 1.79 bits per heavy atom. The van der Waals surface area contributed by atoms with Crippen LogP contribution in [0.2, 0.25) is 10.0 Å². The third-order valence-corrected chi connectivity index (χ3v) is 4.21. The van der Waals surface area contributed by atoms with Crippen molar-refractivity contribution in [3.63, 3.8) is 0 Å². The van der Waals surface area contributed by atoms with E-state index in [1.165, 1.54) is 12.3 Å². The molecule has 0 bridgehead atoms. The number of pyridine rings is 1. The number of carbonyl (C=O) groups is 2. The summed E-state index contributed by atoms with van der Waals surface area (Å²) in [6, 6.07) is 7.85. The molecule has 126 valence electrons. The van der Waals surface area contributed by atoms with Crippen molar-refractivity contribution in [3.05, 3.63) is 57.8 Å². The number of aromatic nitrogens is 1. The highest BCUT2D eigenvalue weighted by Gasteiger charge is 2.16. The normalized spacial score (nSPS) is 10.3. The fourth-order valence-corrected chi connectivity index (χ4v) is 2.45. The van der Waals surface area contributed by atoms with E-state index in [9.17, 15) is 9.59 Å². The Labute approximate surface area is 150 Å². The van der Waals surface area contributed by atoms with Gasteiger partial charge in [-0.05, 0) is 44.2 Å². The van der Waals surface area contributed by atoms with Gasteiger partial charge in [0, 0.05) is 30.5 Å². The van der Waals surface area contributed by atoms with Gasteiger partial charge in [-0.2, -0.15) is 0 Å². The maximum Gasteiger partial charge on any atom is 0.274 e. The molecule has 1 N–H and O–H groups in total. The van der Waals surface area contributed by atoms with Gasteiger partial charge in [-0.1, -0.05) is 23.2 Å². The Kier molecular flexibility index (Phi) is 6.17. The first kappa shape index (κ1) is 18.2. The number of halogens is 2. The van der Waals surface area contributed by atoms with Crippen LogP contribution in [0.1, 0.15) is 34.7 Å². The van der Waals surface area contributed by atoms with Crippen molar-refractivity contribution < 1.29 is 9.59 Å². The highest BCUT2D eigenvalue weighted by molar-refractivity contribution is 6.42. The van der Waals surface area contributed by atoms with Crippen LogP contribution in [0.25, 0.3) is 0 Å². The third-order valence-electron chi connectivity index (χ3n) is 3.47.